The van der Waals surface area contributed by atoms with Gasteiger partial charge in [-0.1, -0.05) is 40.0 Å². The summed E-state index contributed by atoms with van der Waals surface area (Å²) < 4.78 is 23.9. The normalized spacial score (nSPS) is 12.7. The van der Waals surface area contributed by atoms with Crippen LogP contribution in [0.15, 0.2) is 0 Å². The van der Waals surface area contributed by atoms with Crippen LogP contribution >= 0.6 is 10.8 Å². The summed E-state index contributed by atoms with van der Waals surface area (Å²) >= 11 is 0. The van der Waals surface area contributed by atoms with Gasteiger partial charge in [0.05, 0.1) is 26.2 Å². The first-order valence-corrected chi connectivity index (χ1v) is 13.5. The van der Waals surface area contributed by atoms with Gasteiger partial charge in [0.1, 0.15) is 0 Å². The van der Waals surface area contributed by atoms with Crippen molar-refractivity contribution in [3.05, 3.63) is 0 Å². The van der Waals surface area contributed by atoms with Crippen molar-refractivity contribution in [2.24, 2.45) is 0 Å². The fourth-order valence-corrected chi connectivity index (χ4v) is 5.18. The smallest absolute Gasteiger partial charge is 0.198 e. The lowest BCUT2D eigenvalue weighted by Crippen LogP contribution is -2.51. The Hall–Kier alpha value is 0.260. The second kappa shape index (κ2) is 14.4. The van der Waals surface area contributed by atoms with E-state index in [9.17, 15) is 8.42 Å². The predicted molar refractivity (Wildman–Crippen MR) is 110 cm³/mol. The van der Waals surface area contributed by atoms with Crippen LogP contribution in [0.25, 0.3) is 0 Å². The highest BCUT2D eigenvalue weighted by atomic mass is 33.1. The summed E-state index contributed by atoms with van der Waals surface area (Å²) in [6.07, 6.45) is 14.1. The van der Waals surface area contributed by atoms with Gasteiger partial charge >= 0.3 is 0 Å². The Bertz CT molecular complexity index is 356. The maximum absolute atomic E-state index is 11.3. The van der Waals surface area contributed by atoms with Gasteiger partial charge in [0.25, 0.3) is 0 Å². The molecule has 0 aromatic heterocycles. The van der Waals surface area contributed by atoms with Gasteiger partial charge in [-0.25, -0.2) is 8.42 Å². The molecule has 0 bridgehead atoms. The first-order valence-electron chi connectivity index (χ1n) is 10.1. The number of rotatable bonds is 17. The van der Waals surface area contributed by atoms with Gasteiger partial charge in [0.2, 0.25) is 0 Å². The highest BCUT2D eigenvalue weighted by Gasteiger charge is 2.25. The van der Waals surface area contributed by atoms with Crippen molar-refractivity contribution in [3.8, 4) is 0 Å². The Balaban J connectivity index is 4.70. The van der Waals surface area contributed by atoms with E-state index in [4.69, 9.17) is 0 Å². The van der Waals surface area contributed by atoms with E-state index in [1.54, 1.807) is 0 Å². The van der Waals surface area contributed by atoms with Crippen LogP contribution in [0.4, 0.5) is 0 Å². The zero-order valence-corrected chi connectivity index (χ0v) is 18.3. The van der Waals surface area contributed by atoms with Gasteiger partial charge in [-0.15, -0.1) is 0 Å². The summed E-state index contributed by atoms with van der Waals surface area (Å²) in [4.78, 5) is 0. The van der Waals surface area contributed by atoms with Crippen molar-refractivity contribution >= 4 is 19.7 Å². The summed E-state index contributed by atoms with van der Waals surface area (Å²) in [5.74, 6) is 0.744. The van der Waals surface area contributed by atoms with Crippen LogP contribution in [0.3, 0.4) is 0 Å². The molecule has 0 saturated heterocycles. The van der Waals surface area contributed by atoms with Crippen LogP contribution in [0, 0.1) is 0 Å². The lowest BCUT2D eigenvalue weighted by Gasteiger charge is -2.39. The molecule has 146 valence electrons. The molecule has 0 N–H and O–H groups in total. The van der Waals surface area contributed by atoms with Crippen molar-refractivity contribution in [2.45, 2.75) is 85.0 Å². The SMILES string of the molecule is CCCCC[N+](CCCCC)(CCCCC)CCCSS(C)(=O)=O. The zero-order chi connectivity index (χ0) is 18.3. The second-order valence-electron chi connectivity index (χ2n) is 7.24. The fourth-order valence-electron chi connectivity index (χ4n) is 3.37. The summed E-state index contributed by atoms with van der Waals surface area (Å²) in [5.41, 5.74) is 0. The molecule has 24 heavy (non-hydrogen) atoms. The van der Waals surface area contributed by atoms with Crippen molar-refractivity contribution in [1.82, 2.24) is 0 Å². The van der Waals surface area contributed by atoms with E-state index in [2.05, 4.69) is 20.8 Å². The maximum atomic E-state index is 11.3. The third-order valence-electron chi connectivity index (χ3n) is 4.78. The van der Waals surface area contributed by atoms with E-state index in [1.807, 2.05) is 0 Å². The third-order valence-corrected chi connectivity index (χ3v) is 7.45. The van der Waals surface area contributed by atoms with E-state index < -0.39 is 8.87 Å². The molecule has 0 fully saturated rings. The van der Waals surface area contributed by atoms with Gasteiger partial charge in [-0.05, 0) is 49.3 Å². The topological polar surface area (TPSA) is 34.1 Å². The Morgan fingerprint density at radius 1 is 0.667 bits per heavy atom. The van der Waals surface area contributed by atoms with Crippen molar-refractivity contribution in [1.29, 1.82) is 0 Å². The molecular formula is C19H42NO2S2+. The number of nitrogens with zero attached hydrogens (tertiary/aromatic N) is 1. The average Bonchev–Trinajstić information content (AvgIpc) is 2.51. The Labute approximate surface area is 155 Å². The van der Waals surface area contributed by atoms with E-state index >= 15 is 0 Å². The zero-order valence-electron chi connectivity index (χ0n) is 16.7. The quantitative estimate of drug-likeness (QED) is 0.191. The Kier molecular flexibility index (Phi) is 14.6. The van der Waals surface area contributed by atoms with Crippen LogP contribution < -0.4 is 0 Å². The molecule has 0 saturated carbocycles. The molecule has 0 aliphatic carbocycles. The lowest BCUT2D eigenvalue weighted by molar-refractivity contribution is -0.928. The molecule has 0 amide bonds. The highest BCUT2D eigenvalue weighted by Crippen LogP contribution is 2.19. The standard InChI is InChI=1S/C19H42NO2S2/c1-5-8-11-15-20(16-12-9-6-2,17-13-10-7-3)18-14-19-23-24(4,21)22/h5-19H2,1-4H3/q+1. The van der Waals surface area contributed by atoms with E-state index in [-0.39, 0.29) is 0 Å². The molecule has 0 heterocycles. The lowest BCUT2D eigenvalue weighted by atomic mass is 10.1. The minimum atomic E-state index is -2.89. The molecule has 0 aliphatic rings. The van der Waals surface area contributed by atoms with Crippen molar-refractivity contribution in [2.75, 3.05) is 38.2 Å². The molecule has 0 radical (unpaired) electrons. The minimum Gasteiger partial charge on any atom is -0.324 e. The van der Waals surface area contributed by atoms with Crippen LogP contribution in [0.2, 0.25) is 0 Å². The fraction of sp³-hybridized carbons (Fsp3) is 1.00. The minimum absolute atomic E-state index is 0.744. The molecule has 0 rings (SSSR count). The largest absolute Gasteiger partial charge is 0.324 e. The molecule has 3 nitrogen and oxygen atoms in total. The molecule has 0 unspecified atom stereocenters. The number of hydrogen-bond donors (Lipinski definition) is 0. The molecule has 5 heteroatoms. The first kappa shape index (κ1) is 24.3. The van der Waals surface area contributed by atoms with Crippen LogP contribution in [-0.2, 0) is 8.87 Å². The maximum Gasteiger partial charge on any atom is 0.198 e. The summed E-state index contributed by atoms with van der Waals surface area (Å²) in [5, 5.41) is 0. The molecule has 0 aliphatic heterocycles. The van der Waals surface area contributed by atoms with Gasteiger partial charge in [-0.2, -0.15) is 0 Å². The molecule has 0 aromatic rings. The molecule has 0 aromatic carbocycles. The summed E-state index contributed by atoms with van der Waals surface area (Å²) in [6.45, 7) is 11.8. The van der Waals surface area contributed by atoms with Crippen molar-refractivity contribution in [3.63, 3.8) is 0 Å². The Morgan fingerprint density at radius 3 is 1.38 bits per heavy atom. The number of quaternary nitrogens is 1. The highest BCUT2D eigenvalue weighted by molar-refractivity contribution is 8.71. The molecule has 0 atom stereocenters. The third kappa shape index (κ3) is 13.5. The van der Waals surface area contributed by atoms with Gasteiger partial charge < -0.3 is 4.48 Å². The summed E-state index contributed by atoms with van der Waals surface area (Å²) in [7, 11) is -1.77. The Morgan fingerprint density at radius 2 is 1.04 bits per heavy atom. The molecule has 0 spiro atoms. The van der Waals surface area contributed by atoms with Crippen LogP contribution in [0.1, 0.15) is 85.0 Å². The monoisotopic (exact) mass is 380 g/mol. The summed E-state index contributed by atoms with van der Waals surface area (Å²) in [6, 6.07) is 0. The second-order valence-corrected chi connectivity index (χ2v) is 11.8. The van der Waals surface area contributed by atoms with E-state index in [1.165, 1.54) is 88.2 Å². The predicted octanol–water partition coefficient (Wildman–Crippen LogP) is 5.46. The van der Waals surface area contributed by atoms with E-state index in [0.29, 0.717) is 0 Å². The van der Waals surface area contributed by atoms with Crippen molar-refractivity contribution < 1.29 is 12.9 Å². The first-order chi connectivity index (χ1) is 11.4. The number of unbranched alkanes of at least 4 members (excludes halogenated alkanes) is 6. The number of hydrogen-bond acceptors (Lipinski definition) is 3. The molecular weight excluding hydrogens is 338 g/mol. The van der Waals surface area contributed by atoms with Gasteiger partial charge in [0, 0.05) is 18.4 Å². The van der Waals surface area contributed by atoms with Crippen LogP contribution in [-0.4, -0.2) is 51.1 Å². The average molecular weight is 381 g/mol. The van der Waals surface area contributed by atoms with Gasteiger partial charge in [-0.3, -0.25) is 0 Å². The van der Waals surface area contributed by atoms with Crippen LogP contribution in [0.5, 0.6) is 0 Å². The van der Waals surface area contributed by atoms with Gasteiger partial charge in [0.15, 0.2) is 8.87 Å². The van der Waals surface area contributed by atoms with E-state index in [0.717, 1.165) is 29.5 Å².